The molecule has 8 nitrogen and oxygen atoms in total. The van der Waals surface area contributed by atoms with Gasteiger partial charge in [0.2, 0.25) is 0 Å². The average molecular weight is 498 g/mol. The molecule has 1 fully saturated rings. The molecule has 0 saturated carbocycles. The molecule has 1 aromatic heterocycles. The first-order valence-electron chi connectivity index (χ1n) is 12.4. The Morgan fingerprint density at radius 2 is 1.68 bits per heavy atom. The van der Waals surface area contributed by atoms with Gasteiger partial charge in [-0.15, -0.1) is 0 Å². The van der Waals surface area contributed by atoms with Crippen LogP contribution in [0.2, 0.25) is 0 Å². The highest BCUT2D eigenvalue weighted by atomic mass is 16.5. The summed E-state index contributed by atoms with van der Waals surface area (Å²) in [5, 5.41) is 9.01. The minimum atomic E-state index is -0.284. The topological polar surface area (TPSA) is 88.6 Å². The summed E-state index contributed by atoms with van der Waals surface area (Å²) in [7, 11) is 5.25. The van der Waals surface area contributed by atoms with Crippen LogP contribution in [0.15, 0.2) is 54.6 Å². The van der Waals surface area contributed by atoms with Gasteiger partial charge >= 0.3 is 6.03 Å². The zero-order valence-electron chi connectivity index (χ0n) is 21.3. The smallest absolute Gasteiger partial charge is 0.320 e. The fourth-order valence-corrected chi connectivity index (χ4v) is 4.69. The highest BCUT2D eigenvalue weighted by Crippen LogP contribution is 2.34. The number of amides is 2. The molecule has 37 heavy (non-hydrogen) atoms. The number of ether oxygens (including phenoxy) is 2. The maximum atomic E-state index is 13.0. The van der Waals surface area contributed by atoms with Crippen LogP contribution in [0.25, 0.3) is 33.8 Å². The van der Waals surface area contributed by atoms with Crippen molar-refractivity contribution in [2.45, 2.75) is 18.9 Å². The number of urea groups is 1. The summed E-state index contributed by atoms with van der Waals surface area (Å²) in [6.45, 7) is 1.92. The fraction of sp³-hybridized carbons (Fsp3) is 0.276. The van der Waals surface area contributed by atoms with Crippen LogP contribution in [0.5, 0.6) is 11.5 Å². The monoisotopic (exact) mass is 497 g/mol. The maximum absolute atomic E-state index is 13.0. The molecule has 3 aromatic carbocycles. The van der Waals surface area contributed by atoms with Crippen LogP contribution in [0.3, 0.4) is 0 Å². The summed E-state index contributed by atoms with van der Waals surface area (Å²) >= 11 is 0. The Kier molecular flexibility index (Phi) is 7.18. The predicted molar refractivity (Wildman–Crippen MR) is 148 cm³/mol. The van der Waals surface area contributed by atoms with Crippen LogP contribution in [-0.4, -0.2) is 61.3 Å². The van der Waals surface area contributed by atoms with Crippen molar-refractivity contribution in [1.29, 1.82) is 0 Å². The zero-order valence-corrected chi connectivity index (χ0v) is 21.3. The Morgan fingerprint density at radius 3 is 2.46 bits per heavy atom. The molecular weight excluding hydrogens is 466 g/mol. The van der Waals surface area contributed by atoms with Crippen LogP contribution in [0.1, 0.15) is 24.2 Å². The number of carbonyl (C=O) groups is 1. The zero-order chi connectivity index (χ0) is 25.8. The molecule has 0 radical (unpaired) electrons. The molecule has 1 saturated heterocycles. The number of benzene rings is 3. The summed E-state index contributed by atoms with van der Waals surface area (Å²) < 4.78 is 11.0. The Morgan fingerprint density at radius 1 is 0.946 bits per heavy atom. The third-order valence-electron chi connectivity index (χ3n) is 6.74. The first kappa shape index (κ1) is 24.5. The van der Waals surface area contributed by atoms with Gasteiger partial charge in [-0.1, -0.05) is 48.5 Å². The van der Waals surface area contributed by atoms with Gasteiger partial charge in [-0.3, -0.25) is 5.32 Å². The highest BCUT2D eigenvalue weighted by molar-refractivity contribution is 6.00. The molecule has 0 unspecified atom stereocenters. The molecule has 1 aliphatic rings. The first-order chi connectivity index (χ1) is 18.0. The number of fused-ring (bicyclic) bond motifs is 2. The van der Waals surface area contributed by atoms with Crippen LogP contribution in [-0.2, 0) is 0 Å². The molecule has 4 aromatic rings. The third kappa shape index (κ3) is 5.49. The van der Waals surface area contributed by atoms with E-state index in [2.05, 4.69) is 46.8 Å². The Hall–Kier alpha value is -4.17. The van der Waals surface area contributed by atoms with Crippen LogP contribution < -0.4 is 20.1 Å². The second-order valence-electron chi connectivity index (χ2n) is 9.23. The number of anilines is 1. The minimum absolute atomic E-state index is 0.129. The summed E-state index contributed by atoms with van der Waals surface area (Å²) in [4.78, 5) is 24.6. The first-order valence-corrected chi connectivity index (χ1v) is 12.4. The van der Waals surface area contributed by atoms with Gasteiger partial charge in [-0.05, 0) is 61.5 Å². The fourth-order valence-electron chi connectivity index (χ4n) is 4.69. The van der Waals surface area contributed by atoms with Gasteiger partial charge in [0, 0.05) is 17.5 Å². The Labute approximate surface area is 216 Å². The SMILES string of the molecule is COc1cc2nc(/C=C/c3cccc4ccccc34)nc(NC(=O)NC3CCN(C)CC3)c2cc1OC. The van der Waals surface area contributed by atoms with Crippen molar-refractivity contribution in [3.63, 3.8) is 0 Å². The van der Waals surface area contributed by atoms with Gasteiger partial charge in [0.15, 0.2) is 17.3 Å². The van der Waals surface area contributed by atoms with Crippen molar-refractivity contribution in [3.05, 3.63) is 66.0 Å². The van der Waals surface area contributed by atoms with Crippen LogP contribution in [0, 0.1) is 0 Å². The second-order valence-corrected chi connectivity index (χ2v) is 9.23. The second kappa shape index (κ2) is 10.8. The molecule has 2 amide bonds. The van der Waals surface area contributed by atoms with E-state index in [0.717, 1.165) is 42.3 Å². The normalized spacial score (nSPS) is 14.8. The molecule has 0 spiro atoms. The van der Waals surface area contributed by atoms with Gasteiger partial charge in [0.25, 0.3) is 0 Å². The summed E-state index contributed by atoms with van der Waals surface area (Å²) in [6, 6.07) is 17.8. The molecule has 2 heterocycles. The van der Waals surface area contributed by atoms with E-state index in [9.17, 15) is 4.79 Å². The van der Waals surface area contributed by atoms with Crippen molar-refractivity contribution >= 4 is 45.7 Å². The highest BCUT2D eigenvalue weighted by Gasteiger charge is 2.20. The van der Waals surface area contributed by atoms with Gasteiger partial charge < -0.3 is 19.7 Å². The summed E-state index contributed by atoms with van der Waals surface area (Å²) in [6.07, 6.45) is 5.68. The van der Waals surface area contributed by atoms with E-state index < -0.39 is 0 Å². The summed E-state index contributed by atoms with van der Waals surface area (Å²) in [5.41, 5.74) is 1.70. The Bertz CT molecular complexity index is 1460. The van der Waals surface area contributed by atoms with Crippen molar-refractivity contribution in [2.75, 3.05) is 39.7 Å². The van der Waals surface area contributed by atoms with Crippen molar-refractivity contribution in [1.82, 2.24) is 20.2 Å². The molecule has 0 aliphatic carbocycles. The number of rotatable bonds is 6. The van der Waals surface area contributed by atoms with E-state index in [4.69, 9.17) is 19.4 Å². The van der Waals surface area contributed by atoms with Gasteiger partial charge in [0.05, 0.1) is 19.7 Å². The number of aromatic nitrogens is 2. The van der Waals surface area contributed by atoms with Crippen molar-refractivity contribution < 1.29 is 14.3 Å². The quantitative estimate of drug-likeness (QED) is 0.381. The van der Waals surface area contributed by atoms with Gasteiger partial charge in [-0.2, -0.15) is 0 Å². The molecule has 5 rings (SSSR count). The number of hydrogen-bond donors (Lipinski definition) is 2. The molecular formula is C29H31N5O3. The van der Waals surface area contributed by atoms with E-state index in [0.29, 0.717) is 34.0 Å². The molecule has 0 bridgehead atoms. The third-order valence-corrected chi connectivity index (χ3v) is 6.74. The number of carbonyl (C=O) groups excluding carboxylic acids is 1. The predicted octanol–water partition coefficient (Wildman–Crippen LogP) is 5.19. The molecule has 190 valence electrons. The maximum Gasteiger partial charge on any atom is 0.320 e. The standard InChI is InChI=1S/C29H31N5O3/c1-34-15-13-21(14-16-34)30-29(35)33-28-23-17-25(36-2)26(37-3)18-24(23)31-27(32-28)12-11-20-9-6-8-19-7-4-5-10-22(19)20/h4-12,17-18,21H,13-16H2,1-3H3,(H2,30,31,32,33,35)/b12-11+. The lowest BCUT2D eigenvalue weighted by molar-refractivity contribution is 0.221. The number of methoxy groups -OCH3 is 2. The van der Waals surface area contributed by atoms with Gasteiger partial charge in [-0.25, -0.2) is 14.8 Å². The number of likely N-dealkylation sites (tertiary alicyclic amines) is 1. The Balaban J connectivity index is 1.49. The largest absolute Gasteiger partial charge is 0.493 e. The number of nitrogens with one attached hydrogen (secondary N) is 2. The van der Waals surface area contributed by atoms with Crippen molar-refractivity contribution in [2.24, 2.45) is 0 Å². The molecule has 0 atom stereocenters. The van der Waals surface area contributed by atoms with Crippen molar-refractivity contribution in [3.8, 4) is 11.5 Å². The minimum Gasteiger partial charge on any atom is -0.493 e. The van der Waals surface area contributed by atoms with Gasteiger partial charge in [0.1, 0.15) is 5.82 Å². The number of piperidine rings is 1. The number of hydrogen-bond acceptors (Lipinski definition) is 6. The van der Waals surface area contributed by atoms with Crippen LogP contribution >= 0.6 is 0 Å². The van der Waals surface area contributed by atoms with Crippen LogP contribution in [0.4, 0.5) is 10.6 Å². The van der Waals surface area contributed by atoms with E-state index in [1.54, 1.807) is 26.4 Å². The van der Waals surface area contributed by atoms with E-state index >= 15 is 0 Å². The molecule has 1 aliphatic heterocycles. The molecule has 8 heteroatoms. The lowest BCUT2D eigenvalue weighted by atomic mass is 10.0. The molecule has 2 N–H and O–H groups in total. The van der Waals surface area contributed by atoms with E-state index in [1.807, 2.05) is 30.4 Å². The van der Waals surface area contributed by atoms with E-state index in [-0.39, 0.29) is 12.1 Å². The lowest BCUT2D eigenvalue weighted by Gasteiger charge is -2.29. The van der Waals surface area contributed by atoms with E-state index in [1.165, 1.54) is 0 Å². The summed E-state index contributed by atoms with van der Waals surface area (Å²) in [5.74, 6) is 1.98. The average Bonchev–Trinajstić information content (AvgIpc) is 2.92. The number of nitrogens with zero attached hydrogens (tertiary/aromatic N) is 3. The lowest BCUT2D eigenvalue weighted by Crippen LogP contribution is -2.45.